The van der Waals surface area contributed by atoms with Crippen LogP contribution in [0.1, 0.15) is 40.0 Å². The Balaban J connectivity index is 1.51. The summed E-state index contributed by atoms with van der Waals surface area (Å²) < 4.78 is 11.2. The molecular weight excluding hydrogens is 354 g/mol. The number of fused-ring (bicyclic) bond motifs is 2. The summed E-state index contributed by atoms with van der Waals surface area (Å²) in [5, 5.41) is 11.3. The quantitative estimate of drug-likeness (QED) is 0.715. The van der Waals surface area contributed by atoms with Gasteiger partial charge in [0.2, 0.25) is 0 Å². The van der Waals surface area contributed by atoms with Crippen molar-refractivity contribution in [1.29, 1.82) is 0 Å². The van der Waals surface area contributed by atoms with Crippen molar-refractivity contribution in [3.8, 4) is 11.5 Å². The Morgan fingerprint density at radius 2 is 2.18 bits per heavy atom. The number of aromatic nitrogens is 2. The molecule has 1 aliphatic carbocycles. The van der Waals surface area contributed by atoms with Gasteiger partial charge >= 0.3 is 0 Å². The normalized spacial score (nSPS) is 15.6. The zero-order valence-electron chi connectivity index (χ0n) is 15.6. The van der Waals surface area contributed by atoms with Crippen molar-refractivity contribution >= 4 is 29.0 Å². The number of nitrogens with zero attached hydrogens (tertiary/aromatic N) is 1. The zero-order valence-corrected chi connectivity index (χ0v) is 15.6. The molecule has 142 valence electrons. The van der Waals surface area contributed by atoms with Gasteiger partial charge in [0.05, 0.1) is 35.9 Å². The van der Waals surface area contributed by atoms with E-state index in [1.165, 1.54) is 5.56 Å². The van der Waals surface area contributed by atoms with Gasteiger partial charge in [0.15, 0.2) is 0 Å². The Labute approximate surface area is 162 Å². The van der Waals surface area contributed by atoms with E-state index in [1.807, 2.05) is 30.4 Å². The second-order valence-corrected chi connectivity index (χ2v) is 7.22. The van der Waals surface area contributed by atoms with Gasteiger partial charge in [-0.15, -0.1) is 0 Å². The molecule has 1 aliphatic heterocycles. The molecule has 3 aromatic rings. The van der Waals surface area contributed by atoms with Crippen LogP contribution in [-0.4, -0.2) is 35.9 Å². The monoisotopic (exact) mass is 375 g/mol. The number of amides is 1. The Morgan fingerprint density at radius 1 is 1.29 bits per heavy atom. The lowest BCUT2D eigenvalue weighted by atomic mass is 10.1. The lowest BCUT2D eigenvalue weighted by Gasteiger charge is -2.10. The molecule has 0 saturated heterocycles. The second-order valence-electron chi connectivity index (χ2n) is 7.22. The number of aromatic amines is 1. The lowest BCUT2D eigenvalue weighted by Crippen LogP contribution is -2.25. The van der Waals surface area contributed by atoms with E-state index in [4.69, 9.17) is 9.47 Å². The first-order valence-corrected chi connectivity index (χ1v) is 9.52. The number of hydrogen-bond acceptors (Lipinski definition) is 4. The van der Waals surface area contributed by atoms with Crippen LogP contribution in [0.2, 0.25) is 0 Å². The Bertz CT molecular complexity index is 1100. The van der Waals surface area contributed by atoms with Crippen LogP contribution < -0.4 is 14.8 Å². The van der Waals surface area contributed by atoms with Crippen LogP contribution in [0.3, 0.4) is 0 Å². The standard InChI is InChI=1S/C22H21N3O3/c1-27-21-16(22(26)23-15-4-5-15)6-8-18-20(21)17(24-25-18)7-2-13-3-9-19-14(12-13)10-11-28-19/h2-3,6-9,12,15H,4-5,10-11H2,1H3,(H,23,26)(H,24,25). The summed E-state index contributed by atoms with van der Waals surface area (Å²) in [5.41, 5.74) is 4.42. The third-order valence-corrected chi connectivity index (χ3v) is 5.22. The van der Waals surface area contributed by atoms with Crippen molar-refractivity contribution in [3.63, 3.8) is 0 Å². The van der Waals surface area contributed by atoms with E-state index in [9.17, 15) is 4.79 Å². The highest BCUT2D eigenvalue weighted by Crippen LogP contribution is 2.33. The Morgan fingerprint density at radius 3 is 3.00 bits per heavy atom. The summed E-state index contributed by atoms with van der Waals surface area (Å²) in [7, 11) is 1.59. The van der Waals surface area contributed by atoms with E-state index in [1.54, 1.807) is 13.2 Å². The minimum atomic E-state index is -0.101. The van der Waals surface area contributed by atoms with E-state index in [0.29, 0.717) is 17.4 Å². The molecule has 0 unspecified atom stereocenters. The van der Waals surface area contributed by atoms with E-state index < -0.39 is 0 Å². The van der Waals surface area contributed by atoms with E-state index in [2.05, 4.69) is 21.6 Å². The number of hydrogen-bond donors (Lipinski definition) is 2. The third kappa shape index (κ3) is 3.01. The molecule has 6 heteroatoms. The van der Waals surface area contributed by atoms with Gasteiger partial charge in [-0.05, 0) is 54.3 Å². The van der Waals surface area contributed by atoms with Crippen LogP contribution in [0, 0.1) is 0 Å². The predicted octanol–water partition coefficient (Wildman–Crippen LogP) is 3.57. The molecule has 2 N–H and O–H groups in total. The fourth-order valence-electron chi connectivity index (χ4n) is 3.59. The molecule has 0 bridgehead atoms. The van der Waals surface area contributed by atoms with Gasteiger partial charge in [-0.1, -0.05) is 12.1 Å². The molecule has 1 saturated carbocycles. The van der Waals surface area contributed by atoms with Gasteiger partial charge in [-0.25, -0.2) is 0 Å². The average molecular weight is 375 g/mol. The third-order valence-electron chi connectivity index (χ3n) is 5.22. The topological polar surface area (TPSA) is 76.2 Å². The number of ether oxygens (including phenoxy) is 2. The molecule has 2 aromatic carbocycles. The summed E-state index contributed by atoms with van der Waals surface area (Å²) in [5.74, 6) is 1.41. The number of nitrogens with one attached hydrogen (secondary N) is 2. The molecule has 2 aliphatic rings. The number of carbonyl (C=O) groups excluding carboxylic acids is 1. The fourth-order valence-corrected chi connectivity index (χ4v) is 3.59. The van der Waals surface area contributed by atoms with Crippen molar-refractivity contribution in [2.24, 2.45) is 0 Å². The summed E-state index contributed by atoms with van der Waals surface area (Å²) in [6, 6.07) is 10.1. The molecule has 5 rings (SSSR count). The zero-order chi connectivity index (χ0) is 19.1. The van der Waals surface area contributed by atoms with Gasteiger partial charge in [-0.2, -0.15) is 5.10 Å². The Kier molecular flexibility index (Phi) is 4.04. The molecular formula is C22H21N3O3. The lowest BCUT2D eigenvalue weighted by molar-refractivity contribution is 0.0948. The minimum Gasteiger partial charge on any atom is -0.495 e. The molecule has 6 nitrogen and oxygen atoms in total. The largest absolute Gasteiger partial charge is 0.495 e. The molecule has 2 heterocycles. The van der Waals surface area contributed by atoms with Crippen molar-refractivity contribution in [2.45, 2.75) is 25.3 Å². The first-order chi connectivity index (χ1) is 13.7. The summed E-state index contributed by atoms with van der Waals surface area (Å²) in [4.78, 5) is 12.6. The molecule has 0 radical (unpaired) electrons. The van der Waals surface area contributed by atoms with Crippen LogP contribution in [0.15, 0.2) is 30.3 Å². The highest BCUT2D eigenvalue weighted by Gasteiger charge is 2.26. The van der Waals surface area contributed by atoms with Crippen LogP contribution in [0.25, 0.3) is 23.1 Å². The molecule has 0 spiro atoms. The van der Waals surface area contributed by atoms with Gasteiger partial charge in [-0.3, -0.25) is 9.89 Å². The van der Waals surface area contributed by atoms with Crippen molar-refractivity contribution in [2.75, 3.05) is 13.7 Å². The number of benzene rings is 2. The van der Waals surface area contributed by atoms with Gasteiger partial charge in [0.25, 0.3) is 5.91 Å². The number of rotatable bonds is 5. The first-order valence-electron chi connectivity index (χ1n) is 9.52. The smallest absolute Gasteiger partial charge is 0.255 e. The maximum Gasteiger partial charge on any atom is 0.255 e. The highest BCUT2D eigenvalue weighted by atomic mass is 16.5. The van der Waals surface area contributed by atoms with Gasteiger partial charge in [0, 0.05) is 12.5 Å². The number of carbonyl (C=O) groups is 1. The van der Waals surface area contributed by atoms with Crippen molar-refractivity contribution in [3.05, 3.63) is 52.7 Å². The summed E-state index contributed by atoms with van der Waals surface area (Å²) in [6.45, 7) is 0.745. The van der Waals surface area contributed by atoms with Crippen LogP contribution in [-0.2, 0) is 6.42 Å². The maximum atomic E-state index is 12.6. The summed E-state index contributed by atoms with van der Waals surface area (Å²) in [6.07, 6.45) is 6.99. The van der Waals surface area contributed by atoms with Gasteiger partial charge in [0.1, 0.15) is 11.5 Å². The Hall–Kier alpha value is -3.28. The number of methoxy groups -OCH3 is 1. The average Bonchev–Trinajstić information content (AvgIpc) is 3.24. The fraction of sp³-hybridized carbons (Fsp3) is 0.273. The SMILES string of the molecule is COc1c(C(=O)NC2CC2)ccc2[nH]nc(C=Cc3ccc4c(c3)CCO4)c12. The predicted molar refractivity (Wildman–Crippen MR) is 108 cm³/mol. The molecule has 1 amide bonds. The molecule has 1 fully saturated rings. The molecule has 28 heavy (non-hydrogen) atoms. The van der Waals surface area contributed by atoms with E-state index >= 15 is 0 Å². The highest BCUT2D eigenvalue weighted by molar-refractivity contribution is 6.05. The van der Waals surface area contributed by atoms with Crippen LogP contribution >= 0.6 is 0 Å². The van der Waals surface area contributed by atoms with Crippen LogP contribution in [0.5, 0.6) is 11.5 Å². The molecule has 1 aromatic heterocycles. The number of H-pyrrole nitrogens is 1. The maximum absolute atomic E-state index is 12.6. The first kappa shape index (κ1) is 16.9. The van der Waals surface area contributed by atoms with Crippen LogP contribution in [0.4, 0.5) is 0 Å². The second kappa shape index (κ2) is 6.71. The molecule has 0 atom stereocenters. The van der Waals surface area contributed by atoms with Crippen molar-refractivity contribution < 1.29 is 14.3 Å². The summed E-state index contributed by atoms with van der Waals surface area (Å²) >= 11 is 0. The minimum absolute atomic E-state index is 0.101. The van der Waals surface area contributed by atoms with Gasteiger partial charge < -0.3 is 14.8 Å². The van der Waals surface area contributed by atoms with E-state index in [0.717, 1.165) is 53.8 Å². The van der Waals surface area contributed by atoms with Crippen molar-refractivity contribution in [1.82, 2.24) is 15.5 Å². The van der Waals surface area contributed by atoms with E-state index in [-0.39, 0.29) is 5.91 Å².